The summed E-state index contributed by atoms with van der Waals surface area (Å²) in [7, 11) is 0. The van der Waals surface area contributed by atoms with Crippen molar-refractivity contribution < 1.29 is 4.42 Å². The van der Waals surface area contributed by atoms with Crippen LogP contribution >= 0.6 is 0 Å². The number of fused-ring (bicyclic) bond motifs is 10. The normalized spacial score (nSPS) is 11.5. The van der Waals surface area contributed by atoms with Gasteiger partial charge >= 0.3 is 0 Å². The molecule has 0 aliphatic rings. The van der Waals surface area contributed by atoms with Crippen LogP contribution in [0.15, 0.2) is 120 Å². The maximum atomic E-state index is 9.78. The first-order valence-electron chi connectivity index (χ1n) is 14.4. The van der Waals surface area contributed by atoms with E-state index in [-0.39, 0.29) is 0 Å². The molecule has 0 atom stereocenters. The van der Waals surface area contributed by atoms with Gasteiger partial charge in [0.2, 0.25) is 0 Å². The van der Waals surface area contributed by atoms with Gasteiger partial charge in [0.1, 0.15) is 11.2 Å². The van der Waals surface area contributed by atoms with Gasteiger partial charge in [-0.1, -0.05) is 24.3 Å². The van der Waals surface area contributed by atoms with Crippen molar-refractivity contribution in [3.05, 3.63) is 132 Å². The van der Waals surface area contributed by atoms with Gasteiger partial charge in [-0.25, -0.2) is 0 Å². The fourth-order valence-electron chi connectivity index (χ4n) is 6.85. The second-order valence-corrected chi connectivity index (χ2v) is 11.2. The van der Waals surface area contributed by atoms with Gasteiger partial charge in [-0.15, -0.1) is 0 Å². The van der Waals surface area contributed by atoms with Crippen LogP contribution in [0.2, 0.25) is 0 Å². The molecule has 3 aromatic heterocycles. The molecule has 0 saturated carbocycles. The van der Waals surface area contributed by atoms with E-state index in [2.05, 4.69) is 63.7 Å². The van der Waals surface area contributed by atoms with E-state index in [9.17, 15) is 15.8 Å². The molecule has 0 spiro atoms. The number of hydrogen-bond donors (Lipinski definition) is 0. The predicted molar refractivity (Wildman–Crippen MR) is 177 cm³/mol. The van der Waals surface area contributed by atoms with Crippen molar-refractivity contribution >= 4 is 65.6 Å². The number of para-hydroxylation sites is 1. The molecular weight excluding hydrogens is 554 g/mol. The summed E-state index contributed by atoms with van der Waals surface area (Å²) in [5.41, 5.74) is 9.06. The lowest BCUT2D eigenvalue weighted by molar-refractivity contribution is 0.673. The molecule has 0 aliphatic heterocycles. The van der Waals surface area contributed by atoms with Gasteiger partial charge < -0.3 is 13.6 Å². The standard InChI is InChI=1S/C39H19N5O/c40-20-23-8-12-33-30(16-23)31-17-24(21-41)9-13-34(31)43(33)26-4-3-5-27(19-26)44-35-14-10-25(22-42)18-32(35)38-36(44)15-11-29-28-6-1-2-7-37(28)45-39(29)38/h1-19H. The molecule has 0 amide bonds. The highest BCUT2D eigenvalue weighted by Gasteiger charge is 2.20. The molecule has 6 heteroatoms. The highest BCUT2D eigenvalue weighted by Crippen LogP contribution is 2.41. The Bertz CT molecular complexity index is 2790. The summed E-state index contributed by atoms with van der Waals surface area (Å²) < 4.78 is 10.9. The highest BCUT2D eigenvalue weighted by molar-refractivity contribution is 6.24. The van der Waals surface area contributed by atoms with E-state index in [1.165, 1.54) is 0 Å². The molecule has 9 rings (SSSR count). The lowest BCUT2D eigenvalue weighted by atomic mass is 10.1. The molecule has 0 saturated heterocycles. The average Bonchev–Trinajstić information content (AvgIpc) is 3.74. The van der Waals surface area contributed by atoms with Crippen LogP contribution in [0.5, 0.6) is 0 Å². The van der Waals surface area contributed by atoms with Crippen LogP contribution in [-0.4, -0.2) is 9.13 Å². The molecule has 206 valence electrons. The average molecular weight is 574 g/mol. The van der Waals surface area contributed by atoms with Crippen molar-refractivity contribution in [2.24, 2.45) is 0 Å². The fraction of sp³-hybridized carbons (Fsp3) is 0. The topological polar surface area (TPSA) is 94.4 Å². The Hall–Kier alpha value is -6.81. The summed E-state index contributed by atoms with van der Waals surface area (Å²) in [4.78, 5) is 0. The molecule has 0 bridgehead atoms. The first kappa shape index (κ1) is 24.8. The zero-order valence-electron chi connectivity index (χ0n) is 23.6. The molecule has 3 heterocycles. The van der Waals surface area contributed by atoms with E-state index in [1.54, 1.807) is 0 Å². The number of furan rings is 1. The molecule has 9 aromatic rings. The minimum absolute atomic E-state index is 0.566. The largest absolute Gasteiger partial charge is 0.455 e. The van der Waals surface area contributed by atoms with Crippen molar-refractivity contribution in [1.29, 1.82) is 15.8 Å². The molecule has 45 heavy (non-hydrogen) atoms. The Balaban J connectivity index is 1.36. The van der Waals surface area contributed by atoms with Gasteiger partial charge in [-0.05, 0) is 91.0 Å². The van der Waals surface area contributed by atoms with E-state index in [1.807, 2.05) is 78.9 Å². The van der Waals surface area contributed by atoms with Gasteiger partial charge in [-0.3, -0.25) is 0 Å². The maximum absolute atomic E-state index is 9.78. The number of benzene rings is 6. The molecule has 6 nitrogen and oxygen atoms in total. The third-order valence-corrected chi connectivity index (χ3v) is 8.77. The predicted octanol–water partition coefficient (Wildman–Crippen LogP) is 9.40. The van der Waals surface area contributed by atoms with Crippen molar-refractivity contribution in [1.82, 2.24) is 9.13 Å². The minimum Gasteiger partial charge on any atom is -0.455 e. The van der Waals surface area contributed by atoms with E-state index in [4.69, 9.17) is 4.42 Å². The Morgan fingerprint density at radius 3 is 1.60 bits per heavy atom. The number of nitrogens with zero attached hydrogens (tertiary/aromatic N) is 5. The molecule has 0 unspecified atom stereocenters. The summed E-state index contributed by atoms with van der Waals surface area (Å²) in [6.07, 6.45) is 0. The maximum Gasteiger partial charge on any atom is 0.145 e. The van der Waals surface area contributed by atoms with Crippen molar-refractivity contribution in [2.75, 3.05) is 0 Å². The summed E-state index contributed by atoms with van der Waals surface area (Å²) >= 11 is 0. The molecule has 0 radical (unpaired) electrons. The number of hydrogen-bond acceptors (Lipinski definition) is 4. The zero-order valence-corrected chi connectivity index (χ0v) is 23.6. The van der Waals surface area contributed by atoms with Crippen LogP contribution in [0, 0.1) is 34.0 Å². The molecule has 6 aromatic carbocycles. The van der Waals surface area contributed by atoms with E-state index < -0.39 is 0 Å². The number of aromatic nitrogens is 2. The van der Waals surface area contributed by atoms with Crippen LogP contribution in [0.3, 0.4) is 0 Å². The number of nitriles is 3. The third kappa shape index (κ3) is 3.41. The van der Waals surface area contributed by atoms with Crippen molar-refractivity contribution in [3.63, 3.8) is 0 Å². The lowest BCUT2D eigenvalue weighted by Gasteiger charge is -2.13. The second-order valence-electron chi connectivity index (χ2n) is 11.2. The Morgan fingerprint density at radius 2 is 0.978 bits per heavy atom. The van der Waals surface area contributed by atoms with Crippen molar-refractivity contribution in [2.45, 2.75) is 0 Å². The van der Waals surface area contributed by atoms with Crippen LogP contribution in [-0.2, 0) is 0 Å². The van der Waals surface area contributed by atoms with Gasteiger partial charge in [-0.2, -0.15) is 15.8 Å². The Morgan fingerprint density at radius 1 is 0.444 bits per heavy atom. The molecule has 0 N–H and O–H groups in total. The lowest BCUT2D eigenvalue weighted by Crippen LogP contribution is -1.98. The fourth-order valence-corrected chi connectivity index (χ4v) is 6.85. The number of rotatable bonds is 2. The summed E-state index contributed by atoms with van der Waals surface area (Å²) in [6.45, 7) is 0. The third-order valence-electron chi connectivity index (χ3n) is 8.77. The smallest absolute Gasteiger partial charge is 0.145 e. The quantitative estimate of drug-likeness (QED) is 0.206. The Kier molecular flexibility index (Phi) is 5.00. The monoisotopic (exact) mass is 573 g/mol. The van der Waals surface area contributed by atoms with Crippen LogP contribution in [0.4, 0.5) is 0 Å². The SMILES string of the molecule is N#Cc1ccc2c(c1)c1cc(C#N)ccc1n2-c1cccc(-n2c3ccc(C#N)cc3c3c4oc5ccccc5c4ccc32)c1. The van der Waals surface area contributed by atoms with Gasteiger partial charge in [0.25, 0.3) is 0 Å². The molecule has 0 fully saturated rings. The van der Waals surface area contributed by atoms with Gasteiger partial charge in [0, 0.05) is 38.3 Å². The van der Waals surface area contributed by atoms with Crippen LogP contribution in [0.1, 0.15) is 16.7 Å². The molecule has 0 aliphatic carbocycles. The Labute approximate surface area is 256 Å². The van der Waals surface area contributed by atoms with Crippen LogP contribution in [0.25, 0.3) is 76.9 Å². The van der Waals surface area contributed by atoms with Gasteiger partial charge in [0.05, 0.1) is 62.4 Å². The van der Waals surface area contributed by atoms with E-state index in [0.29, 0.717) is 16.7 Å². The van der Waals surface area contributed by atoms with Gasteiger partial charge in [0.15, 0.2) is 0 Å². The summed E-state index contributed by atoms with van der Waals surface area (Å²) in [5.74, 6) is 0. The second kappa shape index (κ2) is 9.09. The zero-order chi connectivity index (χ0) is 30.2. The van der Waals surface area contributed by atoms with E-state index in [0.717, 1.165) is 76.9 Å². The van der Waals surface area contributed by atoms with Crippen LogP contribution < -0.4 is 0 Å². The minimum atomic E-state index is 0.566. The van der Waals surface area contributed by atoms with E-state index >= 15 is 0 Å². The first-order chi connectivity index (χ1) is 22.2. The van der Waals surface area contributed by atoms with Crippen molar-refractivity contribution in [3.8, 4) is 29.6 Å². The molecular formula is C39H19N5O. The summed E-state index contributed by atoms with van der Waals surface area (Å²) in [5, 5.41) is 34.8. The summed E-state index contributed by atoms with van der Waals surface area (Å²) in [6, 6.07) is 44.6. The first-order valence-corrected chi connectivity index (χ1v) is 14.4. The highest BCUT2D eigenvalue weighted by atomic mass is 16.3.